The van der Waals surface area contributed by atoms with E-state index in [0.29, 0.717) is 0 Å². The van der Waals surface area contributed by atoms with Crippen LogP contribution in [0.1, 0.15) is 33.1 Å². The molecule has 9 heavy (non-hydrogen) atoms. The average molecular weight is 123 g/mol. The summed E-state index contributed by atoms with van der Waals surface area (Å²) < 4.78 is 0. The van der Waals surface area contributed by atoms with Crippen LogP contribution in [0.3, 0.4) is 0 Å². The van der Waals surface area contributed by atoms with Gasteiger partial charge in [0.1, 0.15) is 0 Å². The quantitative estimate of drug-likeness (QED) is 0.503. The van der Waals surface area contributed by atoms with Crippen LogP contribution in [0.15, 0.2) is 6.08 Å². The van der Waals surface area contributed by atoms with Gasteiger partial charge in [0.25, 0.3) is 0 Å². The fourth-order valence-electron chi connectivity index (χ4n) is 1.28. The van der Waals surface area contributed by atoms with Gasteiger partial charge in [0, 0.05) is 0 Å². The fraction of sp³-hybridized carbons (Fsp3) is 0.778. The van der Waals surface area contributed by atoms with Crippen LogP contribution in [0.25, 0.3) is 0 Å². The van der Waals surface area contributed by atoms with E-state index in [0.717, 1.165) is 11.8 Å². The van der Waals surface area contributed by atoms with Crippen molar-refractivity contribution in [2.45, 2.75) is 33.1 Å². The van der Waals surface area contributed by atoms with Crippen molar-refractivity contribution in [1.82, 2.24) is 0 Å². The van der Waals surface area contributed by atoms with E-state index < -0.39 is 0 Å². The van der Waals surface area contributed by atoms with Crippen LogP contribution in [0.2, 0.25) is 0 Å². The van der Waals surface area contributed by atoms with E-state index in [9.17, 15) is 0 Å². The minimum Gasteiger partial charge on any atom is -0.0807 e. The van der Waals surface area contributed by atoms with Crippen molar-refractivity contribution in [1.29, 1.82) is 0 Å². The topological polar surface area (TPSA) is 0 Å². The van der Waals surface area contributed by atoms with Crippen LogP contribution in [-0.2, 0) is 0 Å². The molecule has 0 fully saturated rings. The summed E-state index contributed by atoms with van der Waals surface area (Å²) >= 11 is 0. The lowest BCUT2D eigenvalue weighted by atomic mass is 9.87. The zero-order valence-electron chi connectivity index (χ0n) is 6.35. The number of allylic oxidation sites excluding steroid dienone is 2. The molecule has 0 aromatic rings. The Bertz CT molecular complexity index is 101. The summed E-state index contributed by atoms with van der Waals surface area (Å²) in [7, 11) is 0. The van der Waals surface area contributed by atoms with Crippen LogP contribution in [0.4, 0.5) is 0 Å². The lowest BCUT2D eigenvalue weighted by molar-refractivity contribution is 0.400. The third-order valence-electron chi connectivity index (χ3n) is 2.00. The maximum absolute atomic E-state index is 3.39. The van der Waals surface area contributed by atoms with Crippen molar-refractivity contribution in [2.24, 2.45) is 11.8 Å². The average Bonchev–Trinajstić information content (AvgIpc) is 1.90. The molecule has 0 heterocycles. The molecule has 1 aliphatic rings. The molecule has 0 saturated heterocycles. The van der Waals surface area contributed by atoms with Crippen LogP contribution in [0.5, 0.6) is 0 Å². The smallest absolute Gasteiger partial charge is 0.0139 e. The highest BCUT2D eigenvalue weighted by Crippen LogP contribution is 2.22. The summed E-state index contributed by atoms with van der Waals surface area (Å²) in [4.78, 5) is 0. The molecule has 1 aliphatic carbocycles. The van der Waals surface area contributed by atoms with Crippen molar-refractivity contribution in [3.8, 4) is 0 Å². The predicted molar refractivity (Wildman–Crippen MR) is 40.0 cm³/mol. The minimum atomic E-state index is 0.749. The molecule has 1 rings (SSSR count). The fourth-order valence-corrected chi connectivity index (χ4v) is 1.28. The third kappa shape index (κ3) is 1.85. The highest BCUT2D eigenvalue weighted by atomic mass is 14.2. The van der Waals surface area contributed by atoms with Gasteiger partial charge in [0.15, 0.2) is 0 Å². The Balaban J connectivity index is 2.40. The Hall–Kier alpha value is -0.260. The van der Waals surface area contributed by atoms with Gasteiger partial charge in [0.05, 0.1) is 0 Å². The van der Waals surface area contributed by atoms with Crippen molar-refractivity contribution in [2.75, 3.05) is 0 Å². The summed E-state index contributed by atoms with van der Waals surface area (Å²) in [5, 5.41) is 0. The SMILES string of the molecule is CC(C)C1[C]=CCCC1. The molecular weight excluding hydrogens is 108 g/mol. The Morgan fingerprint density at radius 2 is 2.33 bits per heavy atom. The van der Waals surface area contributed by atoms with Crippen LogP contribution >= 0.6 is 0 Å². The number of hydrogen-bond acceptors (Lipinski definition) is 0. The normalized spacial score (nSPS) is 27.2. The van der Waals surface area contributed by atoms with Gasteiger partial charge in [-0.05, 0) is 37.2 Å². The molecule has 0 heteroatoms. The molecule has 0 spiro atoms. The standard InChI is InChI=1S/C9H15/c1-8(2)9-6-4-3-5-7-9/h4,8-9H,3,5,7H2,1-2H3. The second-order valence-electron chi connectivity index (χ2n) is 3.15. The van der Waals surface area contributed by atoms with E-state index in [2.05, 4.69) is 26.0 Å². The molecule has 0 bridgehead atoms. The summed E-state index contributed by atoms with van der Waals surface area (Å²) in [6.45, 7) is 4.55. The molecule has 0 nitrogen and oxygen atoms in total. The molecule has 0 amide bonds. The Kier molecular flexibility index (Phi) is 2.32. The lowest BCUT2D eigenvalue weighted by Gasteiger charge is -2.18. The summed E-state index contributed by atoms with van der Waals surface area (Å²) in [5.74, 6) is 1.54. The Morgan fingerprint density at radius 1 is 1.56 bits per heavy atom. The van der Waals surface area contributed by atoms with Crippen molar-refractivity contribution >= 4 is 0 Å². The van der Waals surface area contributed by atoms with Crippen LogP contribution in [-0.4, -0.2) is 0 Å². The third-order valence-corrected chi connectivity index (χ3v) is 2.00. The first-order chi connectivity index (χ1) is 4.30. The van der Waals surface area contributed by atoms with E-state index in [1.807, 2.05) is 0 Å². The second-order valence-corrected chi connectivity index (χ2v) is 3.15. The zero-order valence-corrected chi connectivity index (χ0v) is 6.35. The zero-order chi connectivity index (χ0) is 6.69. The summed E-state index contributed by atoms with van der Waals surface area (Å²) in [5.41, 5.74) is 0. The van der Waals surface area contributed by atoms with Gasteiger partial charge >= 0.3 is 0 Å². The van der Waals surface area contributed by atoms with Crippen molar-refractivity contribution in [3.63, 3.8) is 0 Å². The largest absolute Gasteiger partial charge is 0.0807 e. The number of rotatable bonds is 1. The highest BCUT2D eigenvalue weighted by Gasteiger charge is 2.11. The van der Waals surface area contributed by atoms with Crippen LogP contribution < -0.4 is 0 Å². The van der Waals surface area contributed by atoms with E-state index in [1.54, 1.807) is 0 Å². The maximum atomic E-state index is 3.39. The van der Waals surface area contributed by atoms with E-state index >= 15 is 0 Å². The first-order valence-corrected chi connectivity index (χ1v) is 3.88. The minimum absolute atomic E-state index is 0.749. The van der Waals surface area contributed by atoms with E-state index in [4.69, 9.17) is 0 Å². The van der Waals surface area contributed by atoms with Gasteiger partial charge in [-0.15, -0.1) is 0 Å². The predicted octanol–water partition coefficient (Wildman–Crippen LogP) is 2.80. The molecule has 51 valence electrons. The molecule has 1 atom stereocenters. The Morgan fingerprint density at radius 3 is 2.67 bits per heavy atom. The molecule has 1 unspecified atom stereocenters. The molecule has 0 aromatic carbocycles. The molecular formula is C9H15. The molecule has 0 N–H and O–H groups in total. The van der Waals surface area contributed by atoms with Gasteiger partial charge in [-0.25, -0.2) is 0 Å². The Labute approximate surface area is 58.0 Å². The second kappa shape index (κ2) is 3.05. The molecule has 1 radical (unpaired) electrons. The van der Waals surface area contributed by atoms with Gasteiger partial charge in [-0.2, -0.15) is 0 Å². The number of hydrogen-bond donors (Lipinski definition) is 0. The summed E-state index contributed by atoms with van der Waals surface area (Å²) in [6, 6.07) is 0. The van der Waals surface area contributed by atoms with E-state index in [1.165, 1.54) is 19.3 Å². The highest BCUT2D eigenvalue weighted by molar-refractivity contribution is 4.86. The lowest BCUT2D eigenvalue weighted by Crippen LogP contribution is -2.08. The van der Waals surface area contributed by atoms with Crippen molar-refractivity contribution in [3.05, 3.63) is 12.2 Å². The van der Waals surface area contributed by atoms with Crippen molar-refractivity contribution < 1.29 is 0 Å². The summed E-state index contributed by atoms with van der Waals surface area (Å²) in [6.07, 6.45) is 9.58. The van der Waals surface area contributed by atoms with E-state index in [-0.39, 0.29) is 0 Å². The molecule has 0 aromatic heterocycles. The first kappa shape index (κ1) is 6.85. The first-order valence-electron chi connectivity index (χ1n) is 3.88. The van der Waals surface area contributed by atoms with Gasteiger partial charge in [-0.3, -0.25) is 0 Å². The van der Waals surface area contributed by atoms with Gasteiger partial charge < -0.3 is 0 Å². The monoisotopic (exact) mass is 123 g/mol. The molecule has 0 saturated carbocycles. The van der Waals surface area contributed by atoms with Crippen LogP contribution in [0, 0.1) is 17.9 Å². The van der Waals surface area contributed by atoms with Gasteiger partial charge in [-0.1, -0.05) is 19.9 Å². The van der Waals surface area contributed by atoms with Gasteiger partial charge in [0.2, 0.25) is 0 Å². The molecule has 0 aliphatic heterocycles. The maximum Gasteiger partial charge on any atom is -0.0139 e.